The predicted octanol–water partition coefficient (Wildman–Crippen LogP) is 2.02. The van der Waals surface area contributed by atoms with E-state index in [0.717, 1.165) is 36.7 Å². The van der Waals surface area contributed by atoms with Crippen LogP contribution in [-0.4, -0.2) is 32.8 Å². The summed E-state index contributed by atoms with van der Waals surface area (Å²) in [6.45, 7) is 3.44. The van der Waals surface area contributed by atoms with Crippen molar-refractivity contribution in [1.82, 2.24) is 14.3 Å². The number of rotatable bonds is 4. The Balaban J connectivity index is 1.74. The van der Waals surface area contributed by atoms with Gasteiger partial charge >= 0.3 is 0 Å². The van der Waals surface area contributed by atoms with Crippen molar-refractivity contribution in [3.8, 4) is 0 Å². The lowest BCUT2D eigenvalue weighted by molar-refractivity contribution is 0.102. The molecule has 1 fully saturated rings. The molecule has 122 valence electrons. The molecule has 1 atom stereocenters. The fourth-order valence-corrected chi connectivity index (χ4v) is 3.30. The molecular formula is C15H20N6OS. The van der Waals surface area contributed by atoms with Crippen LogP contribution >= 0.6 is 11.5 Å². The molecule has 1 saturated heterocycles. The number of nitrogens with one attached hydrogen (secondary N) is 1. The molecule has 2 aromatic rings. The van der Waals surface area contributed by atoms with Gasteiger partial charge in [-0.25, -0.2) is 9.97 Å². The lowest BCUT2D eigenvalue weighted by Crippen LogP contribution is -2.38. The maximum absolute atomic E-state index is 12.4. The third-order valence-corrected chi connectivity index (χ3v) is 4.64. The van der Waals surface area contributed by atoms with Gasteiger partial charge in [0.05, 0.1) is 6.54 Å². The zero-order valence-electron chi connectivity index (χ0n) is 13.0. The molecule has 0 aromatic carbocycles. The molecule has 0 spiro atoms. The van der Waals surface area contributed by atoms with Gasteiger partial charge < -0.3 is 10.6 Å². The van der Waals surface area contributed by atoms with Gasteiger partial charge in [0, 0.05) is 35.9 Å². The maximum atomic E-state index is 12.4. The number of aromatic nitrogens is 3. The topological polar surface area (TPSA) is 97.0 Å². The van der Waals surface area contributed by atoms with E-state index in [1.54, 1.807) is 12.3 Å². The Labute approximate surface area is 139 Å². The van der Waals surface area contributed by atoms with Gasteiger partial charge in [0.2, 0.25) is 5.13 Å². The van der Waals surface area contributed by atoms with Crippen LogP contribution in [0.3, 0.4) is 0 Å². The molecule has 0 aliphatic carbocycles. The van der Waals surface area contributed by atoms with Crippen molar-refractivity contribution in [2.24, 2.45) is 5.73 Å². The van der Waals surface area contributed by atoms with E-state index in [2.05, 4.69) is 31.5 Å². The molecule has 3 N–H and O–H groups in total. The van der Waals surface area contributed by atoms with Gasteiger partial charge in [0.1, 0.15) is 5.82 Å². The lowest BCUT2D eigenvalue weighted by atomic mass is 10.0. The molecule has 2 aromatic heterocycles. The Morgan fingerprint density at radius 2 is 2.39 bits per heavy atom. The van der Waals surface area contributed by atoms with Crippen molar-refractivity contribution in [2.75, 3.05) is 16.8 Å². The first-order valence-corrected chi connectivity index (χ1v) is 8.51. The molecule has 23 heavy (non-hydrogen) atoms. The van der Waals surface area contributed by atoms with E-state index >= 15 is 0 Å². The van der Waals surface area contributed by atoms with Gasteiger partial charge in [0.25, 0.3) is 5.91 Å². The highest BCUT2D eigenvalue weighted by atomic mass is 32.1. The molecule has 0 saturated carbocycles. The van der Waals surface area contributed by atoms with Crippen LogP contribution in [-0.2, 0) is 6.54 Å². The minimum atomic E-state index is -0.210. The molecular weight excluding hydrogens is 312 g/mol. The quantitative estimate of drug-likeness (QED) is 0.889. The fourth-order valence-electron chi connectivity index (χ4n) is 2.71. The Morgan fingerprint density at radius 1 is 1.52 bits per heavy atom. The second kappa shape index (κ2) is 7.01. The van der Waals surface area contributed by atoms with Crippen LogP contribution in [0.25, 0.3) is 0 Å². The second-order valence-electron chi connectivity index (χ2n) is 5.61. The normalized spacial score (nSPS) is 18.0. The summed E-state index contributed by atoms with van der Waals surface area (Å²) in [5.41, 5.74) is 6.04. The Morgan fingerprint density at radius 3 is 3.13 bits per heavy atom. The number of anilines is 2. The fraction of sp³-hybridized carbons (Fsp3) is 0.467. The van der Waals surface area contributed by atoms with Crippen LogP contribution in [0.2, 0.25) is 0 Å². The van der Waals surface area contributed by atoms with E-state index in [0.29, 0.717) is 22.6 Å². The maximum Gasteiger partial charge on any atom is 0.257 e. The van der Waals surface area contributed by atoms with Crippen LogP contribution in [0.1, 0.15) is 42.4 Å². The Kier molecular flexibility index (Phi) is 4.82. The van der Waals surface area contributed by atoms with Gasteiger partial charge in [-0.2, -0.15) is 4.37 Å². The third-order valence-electron chi connectivity index (χ3n) is 3.98. The second-order valence-corrected chi connectivity index (χ2v) is 6.37. The van der Waals surface area contributed by atoms with E-state index in [9.17, 15) is 4.79 Å². The molecule has 1 amide bonds. The lowest BCUT2D eigenvalue weighted by Gasteiger charge is -2.34. The molecule has 3 rings (SSSR count). The van der Waals surface area contributed by atoms with Gasteiger partial charge in [-0.3, -0.25) is 10.1 Å². The Bertz CT molecular complexity index is 688. The summed E-state index contributed by atoms with van der Waals surface area (Å²) in [7, 11) is 0. The highest BCUT2D eigenvalue weighted by molar-refractivity contribution is 7.09. The smallest absolute Gasteiger partial charge is 0.257 e. The SMILES string of the molecule is CC1CCCCN1c1cc(C(=O)Nc2nc(CN)ns2)ccn1. The number of hydrogen-bond donors (Lipinski definition) is 2. The summed E-state index contributed by atoms with van der Waals surface area (Å²) >= 11 is 1.13. The molecule has 1 aliphatic heterocycles. The van der Waals surface area contributed by atoms with Crippen LogP contribution in [0.5, 0.6) is 0 Å². The van der Waals surface area contributed by atoms with Crippen molar-refractivity contribution < 1.29 is 4.79 Å². The van der Waals surface area contributed by atoms with E-state index in [4.69, 9.17) is 5.73 Å². The standard InChI is InChI=1S/C15H20N6OS/c1-10-4-2-3-7-21(10)13-8-11(5-6-17-13)14(22)19-15-18-12(9-16)20-23-15/h5-6,8,10H,2-4,7,9,16H2,1H3,(H,18,19,20,22). The highest BCUT2D eigenvalue weighted by Crippen LogP contribution is 2.23. The first-order valence-electron chi connectivity index (χ1n) is 7.74. The van der Waals surface area contributed by atoms with Gasteiger partial charge in [-0.05, 0) is 38.3 Å². The van der Waals surface area contributed by atoms with Gasteiger partial charge in [-0.1, -0.05) is 0 Å². The van der Waals surface area contributed by atoms with E-state index in [1.165, 1.54) is 6.42 Å². The number of hydrogen-bond acceptors (Lipinski definition) is 7. The summed E-state index contributed by atoms with van der Waals surface area (Å²) in [5.74, 6) is 1.17. The Hall–Kier alpha value is -2.06. The van der Waals surface area contributed by atoms with Gasteiger partial charge in [0.15, 0.2) is 5.82 Å². The highest BCUT2D eigenvalue weighted by Gasteiger charge is 2.20. The van der Waals surface area contributed by atoms with Crippen LogP contribution in [0, 0.1) is 0 Å². The summed E-state index contributed by atoms with van der Waals surface area (Å²) < 4.78 is 4.05. The van der Waals surface area contributed by atoms with Crippen molar-refractivity contribution in [1.29, 1.82) is 0 Å². The number of pyridine rings is 1. The average molecular weight is 332 g/mol. The monoisotopic (exact) mass is 332 g/mol. The number of piperidine rings is 1. The van der Waals surface area contributed by atoms with Crippen molar-refractivity contribution in [2.45, 2.75) is 38.8 Å². The molecule has 8 heteroatoms. The molecule has 1 aliphatic rings. The van der Waals surface area contributed by atoms with Crippen molar-refractivity contribution in [3.05, 3.63) is 29.7 Å². The number of carbonyl (C=O) groups is 1. The number of amides is 1. The molecule has 0 radical (unpaired) electrons. The van der Waals surface area contributed by atoms with Crippen molar-refractivity contribution >= 4 is 28.4 Å². The minimum Gasteiger partial charge on any atom is -0.354 e. The summed E-state index contributed by atoms with van der Waals surface area (Å²) in [6, 6.07) is 3.99. The molecule has 1 unspecified atom stereocenters. The van der Waals surface area contributed by atoms with E-state index < -0.39 is 0 Å². The zero-order chi connectivity index (χ0) is 16.2. The zero-order valence-corrected chi connectivity index (χ0v) is 13.8. The van der Waals surface area contributed by atoms with Crippen LogP contribution in [0.15, 0.2) is 18.3 Å². The third kappa shape index (κ3) is 3.65. The minimum absolute atomic E-state index is 0.210. The number of nitrogens with two attached hydrogens (primary N) is 1. The van der Waals surface area contributed by atoms with E-state index in [1.807, 2.05) is 6.07 Å². The first kappa shape index (κ1) is 15.8. The predicted molar refractivity (Wildman–Crippen MR) is 90.6 cm³/mol. The molecule has 7 nitrogen and oxygen atoms in total. The summed E-state index contributed by atoms with van der Waals surface area (Å²) in [6.07, 6.45) is 5.25. The average Bonchev–Trinajstić information content (AvgIpc) is 3.03. The number of carbonyl (C=O) groups excluding carboxylic acids is 1. The molecule has 0 bridgehead atoms. The molecule has 3 heterocycles. The summed E-state index contributed by atoms with van der Waals surface area (Å²) in [4.78, 5) is 23.2. The van der Waals surface area contributed by atoms with E-state index in [-0.39, 0.29) is 12.5 Å². The van der Waals surface area contributed by atoms with Gasteiger partial charge in [-0.15, -0.1) is 0 Å². The summed E-state index contributed by atoms with van der Waals surface area (Å²) in [5, 5.41) is 3.22. The van der Waals surface area contributed by atoms with Crippen LogP contribution < -0.4 is 16.0 Å². The van der Waals surface area contributed by atoms with Crippen molar-refractivity contribution in [3.63, 3.8) is 0 Å². The number of nitrogens with zero attached hydrogens (tertiary/aromatic N) is 4. The first-order chi connectivity index (χ1) is 11.2. The largest absolute Gasteiger partial charge is 0.354 e. The van der Waals surface area contributed by atoms with Crippen LogP contribution in [0.4, 0.5) is 10.9 Å².